The quantitative estimate of drug-likeness (QED) is 0.840. The summed E-state index contributed by atoms with van der Waals surface area (Å²) in [6.45, 7) is 8.97. The maximum atomic E-state index is 11.7. The van der Waals surface area contributed by atoms with E-state index in [2.05, 4.69) is 19.2 Å². The molecule has 0 fully saturated rings. The molecule has 0 saturated heterocycles. The van der Waals surface area contributed by atoms with E-state index in [9.17, 15) is 4.79 Å². The van der Waals surface area contributed by atoms with Gasteiger partial charge in [-0.3, -0.25) is 0 Å². The summed E-state index contributed by atoms with van der Waals surface area (Å²) in [5.41, 5.74) is 6.68. The lowest BCUT2D eigenvalue weighted by Gasteiger charge is -2.32. The third-order valence-corrected chi connectivity index (χ3v) is 2.86. The Balaban J connectivity index is 2.33. The van der Waals surface area contributed by atoms with Crippen molar-refractivity contribution >= 4 is 6.09 Å². The summed E-state index contributed by atoms with van der Waals surface area (Å²) in [4.78, 5) is 11.7. The van der Waals surface area contributed by atoms with Crippen molar-refractivity contribution in [2.45, 2.75) is 46.3 Å². The minimum atomic E-state index is -0.392. The molecule has 1 aromatic carbocycles. The number of benzene rings is 1. The normalized spacial score (nSPS) is 12.1. The van der Waals surface area contributed by atoms with Gasteiger partial charge in [0, 0.05) is 12.1 Å². The molecule has 0 saturated carbocycles. The first kappa shape index (κ1) is 16.5. The first-order valence-electron chi connectivity index (χ1n) is 6.91. The second-order valence-corrected chi connectivity index (χ2v) is 6.74. The molecule has 4 heteroatoms. The minimum Gasteiger partial charge on any atom is -0.445 e. The Morgan fingerprint density at radius 1 is 1.20 bits per heavy atom. The fraction of sp³-hybridized carbons (Fsp3) is 0.562. The van der Waals surface area contributed by atoms with E-state index >= 15 is 0 Å². The molecular weight excluding hydrogens is 252 g/mol. The van der Waals surface area contributed by atoms with Gasteiger partial charge in [0.05, 0.1) is 0 Å². The van der Waals surface area contributed by atoms with Gasteiger partial charge in [-0.2, -0.15) is 0 Å². The van der Waals surface area contributed by atoms with E-state index in [1.54, 1.807) is 0 Å². The monoisotopic (exact) mass is 278 g/mol. The Kier molecular flexibility index (Phi) is 5.57. The van der Waals surface area contributed by atoms with Gasteiger partial charge >= 0.3 is 6.09 Å². The summed E-state index contributed by atoms with van der Waals surface area (Å²) in [5.74, 6) is 0. The van der Waals surface area contributed by atoms with Crippen molar-refractivity contribution in [2.75, 3.05) is 6.54 Å². The zero-order chi connectivity index (χ0) is 15.2. The van der Waals surface area contributed by atoms with E-state index in [1.165, 1.54) is 0 Å². The smallest absolute Gasteiger partial charge is 0.407 e. The van der Waals surface area contributed by atoms with E-state index in [0.29, 0.717) is 6.54 Å². The van der Waals surface area contributed by atoms with Crippen molar-refractivity contribution in [3.05, 3.63) is 35.9 Å². The highest BCUT2D eigenvalue weighted by atomic mass is 16.5. The summed E-state index contributed by atoms with van der Waals surface area (Å²) < 4.78 is 5.17. The first-order chi connectivity index (χ1) is 9.18. The van der Waals surface area contributed by atoms with Crippen LogP contribution >= 0.6 is 0 Å². The van der Waals surface area contributed by atoms with E-state index < -0.39 is 6.09 Å². The van der Waals surface area contributed by atoms with Crippen molar-refractivity contribution in [3.8, 4) is 0 Å². The highest BCUT2D eigenvalue weighted by molar-refractivity contribution is 5.67. The van der Waals surface area contributed by atoms with Gasteiger partial charge in [-0.25, -0.2) is 4.79 Å². The summed E-state index contributed by atoms with van der Waals surface area (Å²) >= 11 is 0. The second-order valence-electron chi connectivity index (χ2n) is 6.74. The second kappa shape index (κ2) is 6.75. The highest BCUT2D eigenvalue weighted by Crippen LogP contribution is 2.25. The molecule has 112 valence electrons. The maximum Gasteiger partial charge on any atom is 0.407 e. The van der Waals surface area contributed by atoms with Crippen LogP contribution in [-0.4, -0.2) is 18.2 Å². The number of ether oxygens (including phenoxy) is 1. The fourth-order valence-corrected chi connectivity index (χ4v) is 2.38. The predicted molar refractivity (Wildman–Crippen MR) is 81.3 cm³/mol. The summed E-state index contributed by atoms with van der Waals surface area (Å²) in [6.07, 6.45) is 0.427. The van der Waals surface area contributed by atoms with E-state index in [0.717, 1.165) is 12.0 Å². The molecule has 0 aliphatic heterocycles. The average Bonchev–Trinajstić information content (AvgIpc) is 2.32. The van der Waals surface area contributed by atoms with Crippen LogP contribution in [0.5, 0.6) is 0 Å². The van der Waals surface area contributed by atoms with Gasteiger partial charge in [-0.05, 0) is 31.2 Å². The number of carbonyl (C=O) groups excluding carboxylic acids is 1. The number of amides is 1. The molecule has 0 aromatic heterocycles. The average molecular weight is 278 g/mol. The molecule has 3 N–H and O–H groups in total. The molecule has 0 spiro atoms. The van der Waals surface area contributed by atoms with Gasteiger partial charge in [0.25, 0.3) is 0 Å². The lowest BCUT2D eigenvalue weighted by Crippen LogP contribution is -2.42. The van der Waals surface area contributed by atoms with Crippen LogP contribution in [0, 0.1) is 5.41 Å². The lowest BCUT2D eigenvalue weighted by molar-refractivity contribution is 0.132. The summed E-state index contributed by atoms with van der Waals surface area (Å²) in [7, 11) is 0. The fourth-order valence-electron chi connectivity index (χ4n) is 2.38. The maximum absolute atomic E-state index is 11.7. The van der Waals surface area contributed by atoms with Gasteiger partial charge in [0.2, 0.25) is 0 Å². The van der Waals surface area contributed by atoms with Crippen LogP contribution in [0.3, 0.4) is 0 Å². The van der Waals surface area contributed by atoms with E-state index in [-0.39, 0.29) is 17.6 Å². The minimum absolute atomic E-state index is 0.0655. The van der Waals surface area contributed by atoms with Crippen LogP contribution in [0.15, 0.2) is 30.3 Å². The van der Waals surface area contributed by atoms with Crippen molar-refractivity contribution in [3.63, 3.8) is 0 Å². The van der Waals surface area contributed by atoms with E-state index in [4.69, 9.17) is 10.5 Å². The zero-order valence-corrected chi connectivity index (χ0v) is 12.9. The number of nitrogens with one attached hydrogen (secondary N) is 1. The van der Waals surface area contributed by atoms with Crippen LogP contribution < -0.4 is 11.1 Å². The molecule has 20 heavy (non-hydrogen) atoms. The molecular formula is C16H26N2O2. The highest BCUT2D eigenvalue weighted by Gasteiger charge is 2.26. The molecule has 1 amide bonds. The van der Waals surface area contributed by atoms with Gasteiger partial charge < -0.3 is 15.8 Å². The van der Waals surface area contributed by atoms with Gasteiger partial charge in [0.15, 0.2) is 0 Å². The zero-order valence-electron chi connectivity index (χ0n) is 12.9. The molecule has 0 heterocycles. The molecule has 1 aromatic rings. The van der Waals surface area contributed by atoms with Gasteiger partial charge in [-0.15, -0.1) is 0 Å². The van der Waals surface area contributed by atoms with E-state index in [1.807, 2.05) is 44.2 Å². The number of hydrogen-bond donors (Lipinski definition) is 2. The third-order valence-electron chi connectivity index (χ3n) is 2.86. The first-order valence-corrected chi connectivity index (χ1v) is 6.91. The molecule has 4 nitrogen and oxygen atoms in total. The third kappa shape index (κ3) is 7.14. The Morgan fingerprint density at radius 3 is 2.35 bits per heavy atom. The van der Waals surface area contributed by atoms with Crippen LogP contribution in [-0.2, 0) is 11.3 Å². The number of rotatable bonds is 6. The summed E-state index contributed by atoms with van der Waals surface area (Å²) in [6, 6.07) is 9.62. The van der Waals surface area contributed by atoms with Crippen LogP contribution in [0.2, 0.25) is 0 Å². The number of carbonyl (C=O) groups is 1. The SMILES string of the molecule is CC(C)(N)CC(C)(C)CNC(=O)OCc1ccccc1. The molecule has 0 unspecified atom stereocenters. The lowest BCUT2D eigenvalue weighted by atomic mass is 9.80. The molecule has 0 aliphatic carbocycles. The molecule has 0 aliphatic rings. The Bertz CT molecular complexity index is 422. The number of nitrogens with two attached hydrogens (primary N) is 1. The summed E-state index contributed by atoms with van der Waals surface area (Å²) in [5, 5.41) is 2.80. The van der Waals surface area contributed by atoms with Crippen LogP contribution in [0.25, 0.3) is 0 Å². The number of hydrogen-bond acceptors (Lipinski definition) is 3. The van der Waals surface area contributed by atoms with Crippen molar-refractivity contribution in [2.24, 2.45) is 11.1 Å². The molecule has 0 atom stereocenters. The Hall–Kier alpha value is -1.55. The van der Waals surface area contributed by atoms with Crippen molar-refractivity contribution in [1.82, 2.24) is 5.32 Å². The van der Waals surface area contributed by atoms with Crippen molar-refractivity contribution < 1.29 is 9.53 Å². The topological polar surface area (TPSA) is 64.3 Å². The van der Waals surface area contributed by atoms with Crippen molar-refractivity contribution in [1.29, 1.82) is 0 Å². The Labute approximate surface area is 121 Å². The van der Waals surface area contributed by atoms with Gasteiger partial charge in [0.1, 0.15) is 6.61 Å². The molecule has 1 rings (SSSR count). The largest absolute Gasteiger partial charge is 0.445 e. The standard InChI is InChI=1S/C16H26N2O2/c1-15(2,11-16(3,4)17)12-18-14(19)20-10-13-8-6-5-7-9-13/h5-9H,10-12,17H2,1-4H3,(H,18,19). The Morgan fingerprint density at radius 2 is 1.80 bits per heavy atom. The molecule has 0 radical (unpaired) electrons. The predicted octanol–water partition coefficient (Wildman–Crippen LogP) is 3.07. The van der Waals surface area contributed by atoms with Crippen LogP contribution in [0.1, 0.15) is 39.7 Å². The van der Waals surface area contributed by atoms with Crippen LogP contribution in [0.4, 0.5) is 4.79 Å². The van der Waals surface area contributed by atoms with Gasteiger partial charge in [-0.1, -0.05) is 44.2 Å². The molecule has 0 bridgehead atoms. The number of alkyl carbamates (subject to hydrolysis) is 1.